The second-order valence-corrected chi connectivity index (χ2v) is 7.31. The number of unbranched alkanes of at least 4 members (excludes halogenated alkanes) is 7. The van der Waals surface area contributed by atoms with Gasteiger partial charge in [-0.25, -0.2) is 0 Å². The molecule has 0 aliphatic carbocycles. The minimum atomic E-state index is -0.483. The van der Waals surface area contributed by atoms with Gasteiger partial charge in [-0.05, 0) is 18.3 Å². The Labute approximate surface area is 148 Å². The Morgan fingerprint density at radius 3 is 1.75 bits per heavy atom. The van der Waals surface area contributed by atoms with Crippen molar-refractivity contribution < 1.29 is 19.1 Å². The van der Waals surface area contributed by atoms with Crippen LogP contribution in [0, 0.1) is 11.8 Å². The van der Waals surface area contributed by atoms with Crippen molar-refractivity contribution in [3.05, 3.63) is 0 Å². The fourth-order valence-corrected chi connectivity index (χ4v) is 2.83. The van der Waals surface area contributed by atoms with Crippen LogP contribution < -0.4 is 0 Å². The van der Waals surface area contributed by atoms with Gasteiger partial charge in [0.15, 0.2) is 0 Å². The average molecular weight is 343 g/mol. The van der Waals surface area contributed by atoms with Crippen molar-refractivity contribution in [2.45, 2.75) is 98.5 Å². The van der Waals surface area contributed by atoms with E-state index >= 15 is 0 Å². The van der Waals surface area contributed by atoms with Gasteiger partial charge in [0.25, 0.3) is 0 Å². The molecule has 4 nitrogen and oxygen atoms in total. The molecule has 0 bridgehead atoms. The van der Waals surface area contributed by atoms with E-state index < -0.39 is 11.9 Å². The molecule has 0 aromatic heterocycles. The van der Waals surface area contributed by atoms with E-state index in [1.807, 2.05) is 27.7 Å². The molecule has 0 aliphatic heterocycles. The lowest BCUT2D eigenvalue weighted by atomic mass is 9.96. The van der Waals surface area contributed by atoms with Crippen LogP contribution in [0.3, 0.4) is 0 Å². The zero-order valence-corrected chi connectivity index (χ0v) is 16.4. The molecule has 0 rings (SSSR count). The average Bonchev–Trinajstić information content (AvgIpc) is 2.50. The van der Waals surface area contributed by atoms with Gasteiger partial charge in [0.05, 0.1) is 6.61 Å². The van der Waals surface area contributed by atoms with Gasteiger partial charge >= 0.3 is 11.9 Å². The van der Waals surface area contributed by atoms with Gasteiger partial charge < -0.3 is 9.47 Å². The van der Waals surface area contributed by atoms with Gasteiger partial charge in [-0.2, -0.15) is 0 Å². The summed E-state index contributed by atoms with van der Waals surface area (Å²) in [5, 5.41) is 0. The number of rotatable bonds is 14. The highest BCUT2D eigenvalue weighted by Crippen LogP contribution is 2.17. The molecule has 0 saturated carbocycles. The Morgan fingerprint density at radius 2 is 1.25 bits per heavy atom. The third-order valence-corrected chi connectivity index (χ3v) is 4.13. The standard InChI is InChI=1S/C20H38O4/c1-6-7-8-9-10-11-12-13-14-23-18(21)15-19(22)24-20(16(2)3)17(4)5/h16-17,20H,6-15H2,1-5H3. The monoisotopic (exact) mass is 342 g/mol. The molecule has 4 heteroatoms. The molecule has 0 amide bonds. The van der Waals surface area contributed by atoms with Gasteiger partial charge in [-0.15, -0.1) is 0 Å². The largest absolute Gasteiger partial charge is 0.465 e. The van der Waals surface area contributed by atoms with Gasteiger partial charge in [-0.3, -0.25) is 9.59 Å². The molecule has 0 atom stereocenters. The second-order valence-electron chi connectivity index (χ2n) is 7.31. The van der Waals surface area contributed by atoms with Crippen LogP contribution in [-0.2, 0) is 19.1 Å². The minimum Gasteiger partial charge on any atom is -0.465 e. The molecule has 0 fully saturated rings. The van der Waals surface area contributed by atoms with Crippen molar-refractivity contribution in [3.63, 3.8) is 0 Å². The first kappa shape index (κ1) is 22.9. The number of esters is 2. The first-order chi connectivity index (χ1) is 11.4. The van der Waals surface area contributed by atoms with Crippen molar-refractivity contribution in [1.82, 2.24) is 0 Å². The van der Waals surface area contributed by atoms with Crippen LogP contribution in [0.2, 0.25) is 0 Å². The molecule has 142 valence electrons. The minimum absolute atomic E-state index is 0.155. The van der Waals surface area contributed by atoms with Crippen LogP contribution in [0.15, 0.2) is 0 Å². The van der Waals surface area contributed by atoms with Crippen LogP contribution in [0.25, 0.3) is 0 Å². The predicted octanol–water partition coefficient (Wildman–Crippen LogP) is 5.28. The molecule has 0 aromatic carbocycles. The molecule has 24 heavy (non-hydrogen) atoms. The van der Waals surface area contributed by atoms with Gasteiger partial charge in [0.1, 0.15) is 12.5 Å². The third kappa shape index (κ3) is 12.4. The number of carbonyl (C=O) groups is 2. The molecular weight excluding hydrogens is 304 g/mol. The van der Waals surface area contributed by atoms with Crippen LogP contribution in [-0.4, -0.2) is 24.6 Å². The molecule has 0 N–H and O–H groups in total. The Kier molecular flexibility index (Phi) is 13.7. The Morgan fingerprint density at radius 1 is 0.750 bits per heavy atom. The smallest absolute Gasteiger partial charge is 0.317 e. The summed E-state index contributed by atoms with van der Waals surface area (Å²) in [6.45, 7) is 10.7. The first-order valence-electron chi connectivity index (χ1n) is 9.73. The van der Waals surface area contributed by atoms with E-state index in [1.165, 1.54) is 38.5 Å². The Bertz CT molecular complexity index is 329. The van der Waals surface area contributed by atoms with Crippen molar-refractivity contribution in [2.75, 3.05) is 6.61 Å². The summed E-state index contributed by atoms with van der Waals surface area (Å²) >= 11 is 0. The van der Waals surface area contributed by atoms with Gasteiger partial charge in [0, 0.05) is 0 Å². The second kappa shape index (κ2) is 14.3. The number of hydrogen-bond donors (Lipinski definition) is 0. The summed E-state index contributed by atoms with van der Waals surface area (Å²) < 4.78 is 10.5. The van der Waals surface area contributed by atoms with Crippen molar-refractivity contribution in [2.24, 2.45) is 11.8 Å². The van der Waals surface area contributed by atoms with Crippen molar-refractivity contribution in [3.8, 4) is 0 Å². The molecule has 0 heterocycles. The summed E-state index contributed by atoms with van der Waals surface area (Å²) in [7, 11) is 0. The topological polar surface area (TPSA) is 52.6 Å². The summed E-state index contributed by atoms with van der Waals surface area (Å²) in [5.41, 5.74) is 0. The maximum absolute atomic E-state index is 11.8. The van der Waals surface area contributed by atoms with E-state index in [1.54, 1.807) is 0 Å². The maximum Gasteiger partial charge on any atom is 0.317 e. The van der Waals surface area contributed by atoms with E-state index in [2.05, 4.69) is 6.92 Å². The lowest BCUT2D eigenvalue weighted by Crippen LogP contribution is -2.29. The summed E-state index contributed by atoms with van der Waals surface area (Å²) in [5.74, 6) is -0.484. The molecule has 0 aromatic rings. The molecule has 0 saturated heterocycles. The molecule has 0 unspecified atom stereocenters. The summed E-state index contributed by atoms with van der Waals surface area (Å²) in [6.07, 6.45) is 9.16. The van der Waals surface area contributed by atoms with E-state index in [0.717, 1.165) is 12.8 Å². The Hall–Kier alpha value is -1.06. The zero-order chi connectivity index (χ0) is 18.4. The van der Waals surface area contributed by atoms with Gasteiger partial charge in [0.2, 0.25) is 0 Å². The number of ether oxygens (including phenoxy) is 2. The molecule has 0 aliphatic rings. The summed E-state index contributed by atoms with van der Waals surface area (Å²) in [6, 6.07) is 0. The highest BCUT2D eigenvalue weighted by atomic mass is 16.6. The van der Waals surface area contributed by atoms with E-state index in [4.69, 9.17) is 9.47 Å². The summed E-state index contributed by atoms with van der Waals surface area (Å²) in [4.78, 5) is 23.5. The van der Waals surface area contributed by atoms with E-state index in [0.29, 0.717) is 6.61 Å². The highest BCUT2D eigenvalue weighted by molar-refractivity contribution is 5.91. The lowest BCUT2D eigenvalue weighted by molar-refractivity contribution is -0.161. The molecular formula is C20H38O4. The van der Waals surface area contributed by atoms with Crippen LogP contribution >= 0.6 is 0 Å². The van der Waals surface area contributed by atoms with E-state index in [9.17, 15) is 9.59 Å². The van der Waals surface area contributed by atoms with Crippen LogP contribution in [0.4, 0.5) is 0 Å². The van der Waals surface area contributed by atoms with Crippen LogP contribution in [0.5, 0.6) is 0 Å². The fourth-order valence-electron chi connectivity index (χ4n) is 2.83. The van der Waals surface area contributed by atoms with Crippen LogP contribution in [0.1, 0.15) is 92.4 Å². The fraction of sp³-hybridized carbons (Fsp3) is 0.900. The SMILES string of the molecule is CCCCCCCCCCOC(=O)CC(=O)OC(C(C)C)C(C)C. The Balaban J connectivity index is 3.69. The van der Waals surface area contributed by atoms with E-state index in [-0.39, 0.29) is 24.4 Å². The quantitative estimate of drug-likeness (QED) is 0.245. The predicted molar refractivity (Wildman–Crippen MR) is 97.7 cm³/mol. The normalized spacial score (nSPS) is 11.3. The third-order valence-electron chi connectivity index (χ3n) is 4.13. The highest BCUT2D eigenvalue weighted by Gasteiger charge is 2.23. The number of hydrogen-bond acceptors (Lipinski definition) is 4. The maximum atomic E-state index is 11.8. The van der Waals surface area contributed by atoms with Gasteiger partial charge in [-0.1, -0.05) is 79.6 Å². The lowest BCUT2D eigenvalue weighted by Gasteiger charge is -2.24. The van der Waals surface area contributed by atoms with Crippen molar-refractivity contribution >= 4 is 11.9 Å². The van der Waals surface area contributed by atoms with Crippen molar-refractivity contribution in [1.29, 1.82) is 0 Å². The number of carbonyl (C=O) groups excluding carboxylic acids is 2. The molecule has 0 radical (unpaired) electrons. The first-order valence-corrected chi connectivity index (χ1v) is 9.73. The molecule has 0 spiro atoms. The zero-order valence-electron chi connectivity index (χ0n) is 16.4.